The average Bonchev–Trinajstić information content (AvgIpc) is 2.79. The Labute approximate surface area is 108 Å². The van der Waals surface area contributed by atoms with Gasteiger partial charge in [-0.15, -0.1) is 0 Å². The lowest BCUT2D eigenvalue weighted by atomic mass is 10.2. The minimum absolute atomic E-state index is 0.0805. The summed E-state index contributed by atoms with van der Waals surface area (Å²) in [5.41, 5.74) is 8.77. The van der Waals surface area contributed by atoms with Gasteiger partial charge in [0.2, 0.25) is 11.6 Å². The summed E-state index contributed by atoms with van der Waals surface area (Å²) in [7, 11) is 0. The van der Waals surface area contributed by atoms with Crippen LogP contribution in [-0.4, -0.2) is 28.2 Å². The molecule has 4 N–H and O–H groups in total. The second kappa shape index (κ2) is 5.71. The topological polar surface area (TPSA) is 119 Å². The lowest BCUT2D eigenvalue weighted by Gasteiger charge is -2.05. The van der Waals surface area contributed by atoms with Crippen LogP contribution in [0.2, 0.25) is 0 Å². The van der Waals surface area contributed by atoms with Gasteiger partial charge in [0.25, 0.3) is 0 Å². The molecule has 0 saturated heterocycles. The molecule has 8 heteroatoms. The first-order chi connectivity index (χ1) is 9.20. The Hall–Kier alpha value is -2.77. The van der Waals surface area contributed by atoms with Crippen LogP contribution in [-0.2, 0) is 0 Å². The molecule has 1 aromatic heterocycles. The van der Waals surface area contributed by atoms with Gasteiger partial charge in [-0.25, -0.2) is 4.63 Å². The van der Waals surface area contributed by atoms with Gasteiger partial charge in [-0.2, -0.15) is 5.10 Å². The summed E-state index contributed by atoms with van der Waals surface area (Å²) < 4.78 is 9.66. The molecule has 1 aromatic carbocycles. The Bertz CT molecular complexity index is 581. The Morgan fingerprint density at radius 3 is 3.05 bits per heavy atom. The molecule has 2 rings (SSSR count). The number of hydrazone groups is 1. The fourth-order valence-electron chi connectivity index (χ4n) is 1.32. The number of nitrogen functional groups attached to an aromatic ring is 1. The molecule has 0 fully saturated rings. The van der Waals surface area contributed by atoms with Crippen LogP contribution in [0.1, 0.15) is 12.5 Å². The molecule has 1 heterocycles. The molecule has 0 aliphatic rings. The molecule has 2 aromatic rings. The summed E-state index contributed by atoms with van der Waals surface area (Å²) >= 11 is 0. The van der Waals surface area contributed by atoms with Crippen molar-refractivity contribution in [1.82, 2.24) is 10.3 Å². The third kappa shape index (κ3) is 3.12. The second-order valence-corrected chi connectivity index (χ2v) is 3.53. The molecule has 0 atom stereocenters. The van der Waals surface area contributed by atoms with Crippen LogP contribution in [0.5, 0.6) is 11.5 Å². The first kappa shape index (κ1) is 12.7. The predicted molar refractivity (Wildman–Crippen MR) is 69.2 cm³/mol. The van der Waals surface area contributed by atoms with Crippen molar-refractivity contribution < 1.29 is 14.5 Å². The van der Waals surface area contributed by atoms with Crippen LogP contribution in [0.4, 0.5) is 11.6 Å². The van der Waals surface area contributed by atoms with E-state index in [4.69, 9.17) is 10.5 Å². The lowest BCUT2D eigenvalue weighted by molar-refractivity contribution is 0.310. The van der Waals surface area contributed by atoms with Crippen molar-refractivity contribution >= 4 is 17.9 Å². The number of benzene rings is 1. The monoisotopic (exact) mass is 263 g/mol. The Morgan fingerprint density at radius 1 is 1.53 bits per heavy atom. The fourth-order valence-corrected chi connectivity index (χ4v) is 1.32. The Balaban J connectivity index is 2.06. The summed E-state index contributed by atoms with van der Waals surface area (Å²) in [6.07, 6.45) is 1.52. The first-order valence-electron chi connectivity index (χ1n) is 5.53. The molecule has 0 saturated carbocycles. The van der Waals surface area contributed by atoms with Gasteiger partial charge in [-0.3, -0.25) is 5.43 Å². The van der Waals surface area contributed by atoms with Crippen LogP contribution in [0.25, 0.3) is 0 Å². The van der Waals surface area contributed by atoms with Crippen LogP contribution in [0.15, 0.2) is 27.9 Å². The maximum atomic E-state index is 9.55. The molecule has 0 radical (unpaired) electrons. The number of rotatable bonds is 5. The summed E-state index contributed by atoms with van der Waals surface area (Å²) in [6.45, 7) is 2.30. The molecule has 0 unspecified atom stereocenters. The number of anilines is 2. The van der Waals surface area contributed by atoms with E-state index in [2.05, 4.69) is 25.5 Å². The van der Waals surface area contributed by atoms with Crippen LogP contribution >= 0.6 is 0 Å². The highest BCUT2D eigenvalue weighted by molar-refractivity contribution is 5.81. The van der Waals surface area contributed by atoms with Crippen molar-refractivity contribution in [2.45, 2.75) is 6.92 Å². The number of aromatic hydroxyl groups is 1. The summed E-state index contributed by atoms with van der Waals surface area (Å²) in [5, 5.41) is 20.4. The normalized spacial score (nSPS) is 10.8. The standard InChI is InChI=1S/C11H13N5O3/c1-2-18-9-5-7(3-4-8(9)17)6-13-14-11-10(12)15-19-16-11/h3-6,17H,2H2,1H3,(H2,12,15)(H,14,16). The Kier molecular flexibility index (Phi) is 3.81. The van der Waals surface area contributed by atoms with Crippen molar-refractivity contribution in [3.8, 4) is 11.5 Å². The zero-order valence-electron chi connectivity index (χ0n) is 10.2. The number of hydrogen-bond donors (Lipinski definition) is 3. The van der Waals surface area contributed by atoms with E-state index in [0.717, 1.165) is 5.56 Å². The van der Waals surface area contributed by atoms with Crippen molar-refractivity contribution in [3.63, 3.8) is 0 Å². The van der Waals surface area contributed by atoms with Gasteiger partial charge in [0.05, 0.1) is 12.8 Å². The highest BCUT2D eigenvalue weighted by atomic mass is 16.6. The third-order valence-electron chi connectivity index (χ3n) is 2.18. The largest absolute Gasteiger partial charge is 0.504 e. The second-order valence-electron chi connectivity index (χ2n) is 3.53. The number of nitrogens with one attached hydrogen (secondary N) is 1. The Morgan fingerprint density at radius 2 is 2.37 bits per heavy atom. The van der Waals surface area contributed by atoms with Crippen LogP contribution in [0.3, 0.4) is 0 Å². The van der Waals surface area contributed by atoms with Crippen molar-refractivity contribution in [3.05, 3.63) is 23.8 Å². The van der Waals surface area contributed by atoms with Gasteiger partial charge in [0, 0.05) is 0 Å². The quantitative estimate of drug-likeness (QED) is 0.547. The number of nitrogens with two attached hydrogens (primary N) is 1. The van der Waals surface area contributed by atoms with E-state index in [1.54, 1.807) is 12.1 Å². The number of phenolic OH excluding ortho intramolecular Hbond substituents is 1. The van der Waals surface area contributed by atoms with Gasteiger partial charge < -0.3 is 15.6 Å². The number of ether oxygens (including phenoxy) is 1. The van der Waals surface area contributed by atoms with Gasteiger partial charge in [-0.1, -0.05) is 0 Å². The molecular weight excluding hydrogens is 250 g/mol. The molecule has 0 amide bonds. The van der Waals surface area contributed by atoms with E-state index >= 15 is 0 Å². The van der Waals surface area contributed by atoms with Crippen molar-refractivity contribution in [2.75, 3.05) is 17.8 Å². The highest BCUT2D eigenvalue weighted by Gasteiger charge is 2.04. The third-order valence-corrected chi connectivity index (χ3v) is 2.18. The highest BCUT2D eigenvalue weighted by Crippen LogP contribution is 2.26. The van der Waals surface area contributed by atoms with E-state index in [9.17, 15) is 5.11 Å². The molecular formula is C11H13N5O3. The van der Waals surface area contributed by atoms with Gasteiger partial charge >= 0.3 is 0 Å². The van der Waals surface area contributed by atoms with E-state index < -0.39 is 0 Å². The molecule has 0 spiro atoms. The fraction of sp³-hybridized carbons (Fsp3) is 0.182. The predicted octanol–water partition coefficient (Wildman–Crippen LogP) is 1.20. The molecule has 0 aliphatic heterocycles. The van der Waals surface area contributed by atoms with E-state index in [1.165, 1.54) is 12.3 Å². The van der Waals surface area contributed by atoms with Gasteiger partial charge in [-0.05, 0) is 41.0 Å². The zero-order valence-corrected chi connectivity index (χ0v) is 10.2. The van der Waals surface area contributed by atoms with Crippen molar-refractivity contribution in [2.24, 2.45) is 5.10 Å². The summed E-state index contributed by atoms with van der Waals surface area (Å²) in [5.74, 6) is 0.837. The first-order valence-corrected chi connectivity index (χ1v) is 5.53. The van der Waals surface area contributed by atoms with Crippen LogP contribution < -0.4 is 15.9 Å². The van der Waals surface area contributed by atoms with E-state index in [0.29, 0.717) is 12.4 Å². The van der Waals surface area contributed by atoms with Gasteiger partial charge in [0.1, 0.15) is 0 Å². The molecule has 19 heavy (non-hydrogen) atoms. The zero-order chi connectivity index (χ0) is 13.7. The summed E-state index contributed by atoms with van der Waals surface area (Å²) in [6, 6.07) is 4.88. The number of nitrogens with zero attached hydrogens (tertiary/aromatic N) is 3. The molecule has 0 bridgehead atoms. The van der Waals surface area contributed by atoms with Gasteiger partial charge in [0.15, 0.2) is 11.5 Å². The maximum absolute atomic E-state index is 9.55. The van der Waals surface area contributed by atoms with E-state index in [1.807, 2.05) is 6.92 Å². The number of aromatic nitrogens is 2. The molecule has 100 valence electrons. The number of hydrogen-bond acceptors (Lipinski definition) is 8. The minimum atomic E-state index is 0.0805. The number of phenols is 1. The lowest BCUT2D eigenvalue weighted by Crippen LogP contribution is -1.96. The minimum Gasteiger partial charge on any atom is -0.504 e. The SMILES string of the molecule is CCOc1cc(C=NNc2nonc2N)ccc1O. The smallest absolute Gasteiger partial charge is 0.235 e. The van der Waals surface area contributed by atoms with Crippen LogP contribution in [0, 0.1) is 0 Å². The maximum Gasteiger partial charge on any atom is 0.235 e. The van der Waals surface area contributed by atoms with Crippen molar-refractivity contribution in [1.29, 1.82) is 0 Å². The molecule has 0 aliphatic carbocycles. The average molecular weight is 263 g/mol. The summed E-state index contributed by atoms with van der Waals surface area (Å²) in [4.78, 5) is 0. The van der Waals surface area contributed by atoms with E-state index in [-0.39, 0.29) is 17.4 Å². The molecule has 8 nitrogen and oxygen atoms in total.